The van der Waals surface area contributed by atoms with E-state index in [0.29, 0.717) is 0 Å². The zero-order chi connectivity index (χ0) is 11.6. The van der Waals surface area contributed by atoms with E-state index in [0.717, 1.165) is 13.2 Å². The summed E-state index contributed by atoms with van der Waals surface area (Å²) in [4.78, 5) is 1.30. The summed E-state index contributed by atoms with van der Waals surface area (Å²) in [5.74, 6) is 0. The third kappa shape index (κ3) is 6.02. The molecule has 0 saturated heterocycles. The first-order valence-corrected chi connectivity index (χ1v) is 7.81. The van der Waals surface area contributed by atoms with Crippen molar-refractivity contribution in [1.29, 1.82) is 0 Å². The van der Waals surface area contributed by atoms with Gasteiger partial charge in [-0.3, -0.25) is 0 Å². The molecular weight excluding hydrogens is 284 g/mol. The molecule has 0 atom stereocenters. The number of rotatable bonds is 9. The first-order valence-electron chi connectivity index (χ1n) is 6.14. The zero-order valence-electron chi connectivity index (χ0n) is 10.0. The van der Waals surface area contributed by atoms with Gasteiger partial charge in [0.25, 0.3) is 0 Å². The van der Waals surface area contributed by atoms with Crippen LogP contribution in [0.15, 0.2) is 15.9 Å². The standard InChI is InChI=1S/C13H21BrOS/c1-2-3-4-5-6-7-9-15-11-13-12(14)8-10-16-13/h8,10H,2-7,9,11H2,1H3. The Morgan fingerprint density at radius 2 is 1.94 bits per heavy atom. The Morgan fingerprint density at radius 3 is 2.62 bits per heavy atom. The zero-order valence-corrected chi connectivity index (χ0v) is 12.4. The molecule has 1 rings (SSSR count). The lowest BCUT2D eigenvalue weighted by Crippen LogP contribution is -1.94. The maximum absolute atomic E-state index is 5.65. The van der Waals surface area contributed by atoms with Gasteiger partial charge in [0.05, 0.1) is 6.61 Å². The van der Waals surface area contributed by atoms with Gasteiger partial charge >= 0.3 is 0 Å². The van der Waals surface area contributed by atoms with E-state index < -0.39 is 0 Å². The Labute approximate surface area is 111 Å². The van der Waals surface area contributed by atoms with Crippen LogP contribution in [0.1, 0.15) is 50.3 Å². The molecule has 0 fully saturated rings. The van der Waals surface area contributed by atoms with Gasteiger partial charge in [0.15, 0.2) is 0 Å². The van der Waals surface area contributed by atoms with Crippen LogP contribution in [-0.2, 0) is 11.3 Å². The molecule has 16 heavy (non-hydrogen) atoms. The van der Waals surface area contributed by atoms with Crippen molar-refractivity contribution >= 4 is 27.3 Å². The first-order chi connectivity index (χ1) is 7.84. The Kier molecular flexibility index (Phi) is 8.17. The van der Waals surface area contributed by atoms with Crippen molar-refractivity contribution < 1.29 is 4.74 Å². The summed E-state index contributed by atoms with van der Waals surface area (Å²) >= 11 is 5.26. The Morgan fingerprint density at radius 1 is 1.19 bits per heavy atom. The molecule has 0 aliphatic carbocycles. The van der Waals surface area contributed by atoms with Crippen LogP contribution < -0.4 is 0 Å². The van der Waals surface area contributed by atoms with Crippen LogP contribution in [0, 0.1) is 0 Å². The van der Waals surface area contributed by atoms with Gasteiger partial charge < -0.3 is 4.74 Å². The quantitative estimate of drug-likeness (QED) is 0.556. The molecule has 0 saturated carbocycles. The van der Waals surface area contributed by atoms with Crippen LogP contribution in [0.4, 0.5) is 0 Å². The molecular formula is C13H21BrOS. The number of hydrogen-bond donors (Lipinski definition) is 0. The minimum absolute atomic E-state index is 0.757. The third-order valence-electron chi connectivity index (χ3n) is 2.57. The Bertz CT molecular complexity index is 273. The van der Waals surface area contributed by atoms with Crippen LogP contribution in [0.25, 0.3) is 0 Å². The van der Waals surface area contributed by atoms with Crippen molar-refractivity contribution in [2.24, 2.45) is 0 Å². The first kappa shape index (κ1) is 14.2. The SMILES string of the molecule is CCCCCCCCOCc1sccc1Br. The predicted octanol–water partition coefficient (Wildman–Crippen LogP) is 5.39. The van der Waals surface area contributed by atoms with E-state index in [4.69, 9.17) is 4.74 Å². The normalized spacial score (nSPS) is 10.9. The number of halogens is 1. The van der Waals surface area contributed by atoms with Gasteiger partial charge in [-0.1, -0.05) is 39.0 Å². The Hall–Kier alpha value is 0.140. The minimum atomic E-state index is 0.757. The van der Waals surface area contributed by atoms with Gasteiger partial charge in [-0.25, -0.2) is 0 Å². The van der Waals surface area contributed by atoms with Gasteiger partial charge in [0.1, 0.15) is 0 Å². The molecule has 0 aliphatic rings. The molecule has 1 heterocycles. The molecule has 0 unspecified atom stereocenters. The average molecular weight is 305 g/mol. The highest BCUT2D eigenvalue weighted by atomic mass is 79.9. The summed E-state index contributed by atoms with van der Waals surface area (Å²) in [7, 11) is 0. The van der Waals surface area contributed by atoms with Crippen LogP contribution in [-0.4, -0.2) is 6.61 Å². The largest absolute Gasteiger partial charge is 0.376 e. The summed E-state index contributed by atoms with van der Waals surface area (Å²) in [6.07, 6.45) is 7.96. The topological polar surface area (TPSA) is 9.23 Å². The summed E-state index contributed by atoms with van der Waals surface area (Å²) in [6.45, 7) is 3.91. The second kappa shape index (κ2) is 9.20. The van der Waals surface area contributed by atoms with Gasteiger partial charge in [0, 0.05) is 16.0 Å². The van der Waals surface area contributed by atoms with E-state index in [9.17, 15) is 0 Å². The lowest BCUT2D eigenvalue weighted by molar-refractivity contribution is 0.118. The number of ether oxygens (including phenoxy) is 1. The fourth-order valence-electron chi connectivity index (χ4n) is 1.58. The molecule has 0 aliphatic heterocycles. The van der Waals surface area contributed by atoms with Gasteiger partial charge in [-0.05, 0) is 33.8 Å². The van der Waals surface area contributed by atoms with E-state index >= 15 is 0 Å². The highest BCUT2D eigenvalue weighted by Crippen LogP contribution is 2.23. The third-order valence-corrected chi connectivity index (χ3v) is 4.47. The summed E-state index contributed by atoms with van der Waals surface area (Å²) in [5, 5.41) is 2.09. The van der Waals surface area contributed by atoms with Crippen LogP contribution >= 0.6 is 27.3 Å². The molecule has 0 bridgehead atoms. The number of hydrogen-bond acceptors (Lipinski definition) is 2. The maximum Gasteiger partial charge on any atom is 0.0820 e. The van der Waals surface area contributed by atoms with E-state index in [-0.39, 0.29) is 0 Å². The molecule has 0 N–H and O–H groups in total. The van der Waals surface area contributed by atoms with Crippen molar-refractivity contribution in [1.82, 2.24) is 0 Å². The molecule has 3 heteroatoms. The molecule has 1 nitrogen and oxygen atoms in total. The lowest BCUT2D eigenvalue weighted by Gasteiger charge is -2.03. The molecule has 0 aromatic carbocycles. The lowest BCUT2D eigenvalue weighted by atomic mass is 10.1. The molecule has 0 amide bonds. The second-order valence-electron chi connectivity index (χ2n) is 4.01. The van der Waals surface area contributed by atoms with Crippen LogP contribution in [0.5, 0.6) is 0 Å². The smallest absolute Gasteiger partial charge is 0.0820 e. The number of thiophene rings is 1. The fraction of sp³-hybridized carbons (Fsp3) is 0.692. The highest BCUT2D eigenvalue weighted by Gasteiger charge is 2.00. The van der Waals surface area contributed by atoms with Crippen molar-refractivity contribution in [3.63, 3.8) is 0 Å². The molecule has 1 aromatic heterocycles. The van der Waals surface area contributed by atoms with Gasteiger partial charge in [-0.2, -0.15) is 0 Å². The summed E-state index contributed by atoms with van der Waals surface area (Å²) in [5.41, 5.74) is 0. The summed E-state index contributed by atoms with van der Waals surface area (Å²) < 4.78 is 6.83. The van der Waals surface area contributed by atoms with Crippen LogP contribution in [0.2, 0.25) is 0 Å². The molecule has 0 radical (unpaired) electrons. The van der Waals surface area contributed by atoms with E-state index in [2.05, 4.69) is 34.3 Å². The van der Waals surface area contributed by atoms with Crippen LogP contribution in [0.3, 0.4) is 0 Å². The maximum atomic E-state index is 5.65. The van der Waals surface area contributed by atoms with Crippen molar-refractivity contribution in [2.45, 2.75) is 52.1 Å². The van der Waals surface area contributed by atoms with E-state index in [1.807, 2.05) is 0 Å². The minimum Gasteiger partial charge on any atom is -0.376 e. The molecule has 92 valence electrons. The van der Waals surface area contributed by atoms with Crippen molar-refractivity contribution in [2.75, 3.05) is 6.61 Å². The van der Waals surface area contributed by atoms with Crippen molar-refractivity contribution in [3.05, 3.63) is 20.8 Å². The summed E-state index contributed by atoms with van der Waals surface area (Å²) in [6, 6.07) is 2.08. The fourth-order valence-corrected chi connectivity index (χ4v) is 2.98. The average Bonchev–Trinajstić information content (AvgIpc) is 2.68. The van der Waals surface area contributed by atoms with Gasteiger partial charge in [-0.15, -0.1) is 11.3 Å². The molecule has 0 spiro atoms. The molecule has 1 aromatic rings. The number of unbranched alkanes of at least 4 members (excludes halogenated alkanes) is 5. The Balaban J connectivity index is 1.91. The predicted molar refractivity (Wildman–Crippen MR) is 75.1 cm³/mol. The second-order valence-corrected chi connectivity index (χ2v) is 5.87. The monoisotopic (exact) mass is 304 g/mol. The van der Waals surface area contributed by atoms with E-state index in [1.165, 1.54) is 47.9 Å². The van der Waals surface area contributed by atoms with E-state index in [1.54, 1.807) is 11.3 Å². The highest BCUT2D eigenvalue weighted by molar-refractivity contribution is 9.10. The van der Waals surface area contributed by atoms with Gasteiger partial charge in [0.2, 0.25) is 0 Å². The van der Waals surface area contributed by atoms with Crippen molar-refractivity contribution in [3.8, 4) is 0 Å².